The number of carbonyl (C=O) groups excluding carboxylic acids is 1. The van der Waals surface area contributed by atoms with Gasteiger partial charge in [-0.3, -0.25) is 14.6 Å². The predicted molar refractivity (Wildman–Crippen MR) is 98.0 cm³/mol. The predicted octanol–water partition coefficient (Wildman–Crippen LogP) is 1.66. The highest BCUT2D eigenvalue weighted by molar-refractivity contribution is 7.99. The van der Waals surface area contributed by atoms with Crippen LogP contribution in [0.25, 0.3) is 5.78 Å². The molecule has 0 atom stereocenters. The van der Waals surface area contributed by atoms with Crippen molar-refractivity contribution >= 4 is 35.0 Å². The Balaban J connectivity index is 1.74. The number of nitrogens with one attached hydrogen (secondary N) is 2. The molecule has 0 fully saturated rings. The van der Waals surface area contributed by atoms with E-state index in [-0.39, 0.29) is 28.8 Å². The van der Waals surface area contributed by atoms with E-state index < -0.39 is 0 Å². The van der Waals surface area contributed by atoms with E-state index in [0.717, 1.165) is 22.4 Å². The van der Waals surface area contributed by atoms with Crippen molar-refractivity contribution in [3.63, 3.8) is 0 Å². The van der Waals surface area contributed by atoms with Crippen LogP contribution in [0.1, 0.15) is 16.7 Å². The lowest BCUT2D eigenvalue weighted by Gasteiger charge is -2.12. The molecule has 9 heteroatoms. The minimum absolute atomic E-state index is 0.145. The van der Waals surface area contributed by atoms with Crippen molar-refractivity contribution in [1.82, 2.24) is 19.6 Å². The molecular weight excluding hydrogens is 340 g/mol. The number of anilines is 2. The summed E-state index contributed by atoms with van der Waals surface area (Å²) in [6, 6.07) is 5.30. The molecule has 2 aromatic heterocycles. The van der Waals surface area contributed by atoms with Crippen LogP contribution in [-0.2, 0) is 4.79 Å². The van der Waals surface area contributed by atoms with Crippen LogP contribution in [0.4, 0.5) is 11.5 Å². The van der Waals surface area contributed by atoms with Crippen LogP contribution in [0, 0.1) is 20.8 Å². The van der Waals surface area contributed by atoms with E-state index in [4.69, 9.17) is 5.73 Å². The van der Waals surface area contributed by atoms with E-state index in [2.05, 4.69) is 20.5 Å². The number of aromatic nitrogens is 4. The molecule has 0 aliphatic carbocycles. The Kier molecular flexibility index (Phi) is 4.49. The molecule has 25 heavy (non-hydrogen) atoms. The number of aryl methyl sites for hydroxylation is 3. The summed E-state index contributed by atoms with van der Waals surface area (Å²) in [4.78, 5) is 26.2. The Bertz CT molecular complexity index is 1000. The minimum atomic E-state index is -0.350. The van der Waals surface area contributed by atoms with Gasteiger partial charge in [0.2, 0.25) is 11.7 Å². The van der Waals surface area contributed by atoms with Crippen LogP contribution in [-0.4, -0.2) is 31.2 Å². The van der Waals surface area contributed by atoms with Crippen molar-refractivity contribution < 1.29 is 4.79 Å². The summed E-state index contributed by atoms with van der Waals surface area (Å²) in [5.74, 6) is 0.460. The maximum Gasteiger partial charge on any atom is 0.254 e. The van der Waals surface area contributed by atoms with E-state index in [0.29, 0.717) is 5.16 Å². The molecule has 8 nitrogen and oxygen atoms in total. The molecular formula is C16H18N6O2S. The van der Waals surface area contributed by atoms with Gasteiger partial charge in [0, 0.05) is 11.8 Å². The SMILES string of the molecule is Cc1cc(C)c(NC(=O)CSc2nnc3[nH]c(=O)cc(N)n23)c(C)c1. The molecule has 130 valence electrons. The summed E-state index contributed by atoms with van der Waals surface area (Å²) in [6.07, 6.45) is 0. The Morgan fingerprint density at radius 2 is 1.92 bits per heavy atom. The highest BCUT2D eigenvalue weighted by Gasteiger charge is 2.13. The van der Waals surface area contributed by atoms with Crippen molar-refractivity contribution in [2.24, 2.45) is 0 Å². The fourth-order valence-corrected chi connectivity index (χ4v) is 3.46. The van der Waals surface area contributed by atoms with Gasteiger partial charge in [0.05, 0.1) is 5.75 Å². The molecule has 0 bridgehead atoms. The van der Waals surface area contributed by atoms with Crippen molar-refractivity contribution in [2.75, 3.05) is 16.8 Å². The highest BCUT2D eigenvalue weighted by atomic mass is 32.2. The zero-order valence-electron chi connectivity index (χ0n) is 14.1. The topological polar surface area (TPSA) is 118 Å². The van der Waals surface area contributed by atoms with E-state index in [9.17, 15) is 9.59 Å². The first-order valence-corrected chi connectivity index (χ1v) is 8.58. The molecule has 0 radical (unpaired) electrons. The number of nitrogens with two attached hydrogens (primary N) is 1. The second-order valence-electron chi connectivity index (χ2n) is 5.81. The number of nitrogen functional groups attached to an aromatic ring is 1. The molecule has 3 rings (SSSR count). The lowest BCUT2D eigenvalue weighted by Crippen LogP contribution is -2.16. The highest BCUT2D eigenvalue weighted by Crippen LogP contribution is 2.23. The van der Waals surface area contributed by atoms with Crippen molar-refractivity contribution in [1.29, 1.82) is 0 Å². The van der Waals surface area contributed by atoms with Crippen LogP contribution in [0.5, 0.6) is 0 Å². The number of carbonyl (C=O) groups is 1. The summed E-state index contributed by atoms with van der Waals surface area (Å²) >= 11 is 1.19. The zero-order valence-corrected chi connectivity index (χ0v) is 14.9. The molecule has 1 aromatic carbocycles. The van der Waals surface area contributed by atoms with Crippen LogP contribution in [0.3, 0.4) is 0 Å². The van der Waals surface area contributed by atoms with Gasteiger partial charge in [0.25, 0.3) is 5.56 Å². The Hall–Kier alpha value is -2.81. The van der Waals surface area contributed by atoms with E-state index in [1.807, 2.05) is 32.9 Å². The number of fused-ring (bicyclic) bond motifs is 1. The fourth-order valence-electron chi connectivity index (χ4n) is 2.71. The molecule has 3 aromatic rings. The average molecular weight is 358 g/mol. The number of hydrogen-bond donors (Lipinski definition) is 3. The summed E-state index contributed by atoms with van der Waals surface area (Å²) < 4.78 is 1.50. The average Bonchev–Trinajstić information content (AvgIpc) is 2.92. The summed E-state index contributed by atoms with van der Waals surface area (Å²) in [7, 11) is 0. The van der Waals surface area contributed by atoms with E-state index in [1.54, 1.807) is 0 Å². The van der Waals surface area contributed by atoms with Crippen LogP contribution in [0.15, 0.2) is 28.2 Å². The number of H-pyrrole nitrogens is 1. The maximum absolute atomic E-state index is 12.3. The second kappa shape index (κ2) is 6.60. The number of benzene rings is 1. The third kappa shape index (κ3) is 3.50. The zero-order chi connectivity index (χ0) is 18.1. The Morgan fingerprint density at radius 1 is 1.24 bits per heavy atom. The monoisotopic (exact) mass is 358 g/mol. The Labute approximate surface area is 147 Å². The molecule has 0 aliphatic rings. The quantitative estimate of drug-likeness (QED) is 0.610. The number of amides is 1. The largest absolute Gasteiger partial charge is 0.385 e. The van der Waals surface area contributed by atoms with E-state index >= 15 is 0 Å². The maximum atomic E-state index is 12.3. The van der Waals surface area contributed by atoms with E-state index in [1.165, 1.54) is 22.2 Å². The molecule has 1 amide bonds. The standard InChI is InChI=1S/C16H18N6O2S/c1-8-4-9(2)14(10(3)5-8)18-13(24)7-25-16-21-20-15-19-12(23)6-11(17)22(15)16/h4-6H,7,17H2,1-3H3,(H,18,24)(H,19,20,23). The third-order valence-corrected chi connectivity index (χ3v) is 4.61. The van der Waals surface area contributed by atoms with Gasteiger partial charge in [0.15, 0.2) is 5.16 Å². The summed E-state index contributed by atoms with van der Waals surface area (Å²) in [6.45, 7) is 5.95. The molecule has 2 heterocycles. The summed E-state index contributed by atoms with van der Waals surface area (Å²) in [5, 5.41) is 11.2. The first-order valence-electron chi connectivity index (χ1n) is 7.59. The fraction of sp³-hybridized carbons (Fsp3) is 0.250. The molecule has 0 aliphatic heterocycles. The van der Waals surface area contributed by atoms with Gasteiger partial charge < -0.3 is 11.1 Å². The van der Waals surface area contributed by atoms with Gasteiger partial charge in [-0.2, -0.15) is 0 Å². The van der Waals surface area contributed by atoms with Crippen molar-refractivity contribution in [2.45, 2.75) is 25.9 Å². The smallest absolute Gasteiger partial charge is 0.254 e. The first-order chi connectivity index (χ1) is 11.8. The Morgan fingerprint density at radius 3 is 2.60 bits per heavy atom. The van der Waals surface area contributed by atoms with Gasteiger partial charge in [-0.05, 0) is 31.9 Å². The van der Waals surface area contributed by atoms with Gasteiger partial charge in [-0.25, -0.2) is 4.40 Å². The second-order valence-corrected chi connectivity index (χ2v) is 6.75. The van der Waals surface area contributed by atoms with Gasteiger partial charge in [0.1, 0.15) is 5.82 Å². The lowest BCUT2D eigenvalue weighted by atomic mass is 10.1. The number of aromatic amines is 1. The number of rotatable bonds is 4. The van der Waals surface area contributed by atoms with Crippen molar-refractivity contribution in [3.8, 4) is 0 Å². The normalized spacial score (nSPS) is 11.0. The molecule has 4 N–H and O–H groups in total. The molecule has 0 saturated carbocycles. The minimum Gasteiger partial charge on any atom is -0.385 e. The molecule has 0 spiro atoms. The van der Waals surface area contributed by atoms with Gasteiger partial charge in [-0.1, -0.05) is 29.5 Å². The van der Waals surface area contributed by atoms with Gasteiger partial charge >= 0.3 is 0 Å². The van der Waals surface area contributed by atoms with Crippen molar-refractivity contribution in [3.05, 3.63) is 45.2 Å². The first kappa shape index (κ1) is 17.0. The number of hydrogen-bond acceptors (Lipinski definition) is 6. The molecule has 0 unspecified atom stereocenters. The van der Waals surface area contributed by atoms with Crippen LogP contribution < -0.4 is 16.6 Å². The molecule has 0 saturated heterocycles. The lowest BCUT2D eigenvalue weighted by molar-refractivity contribution is -0.113. The number of nitrogens with zero attached hydrogens (tertiary/aromatic N) is 3. The number of thioether (sulfide) groups is 1. The summed E-state index contributed by atoms with van der Waals surface area (Å²) in [5.41, 5.74) is 9.50. The van der Waals surface area contributed by atoms with Crippen LogP contribution >= 0.6 is 11.8 Å². The third-order valence-electron chi connectivity index (χ3n) is 3.68. The van der Waals surface area contributed by atoms with Gasteiger partial charge in [-0.15, -0.1) is 10.2 Å². The van der Waals surface area contributed by atoms with Crippen LogP contribution in [0.2, 0.25) is 0 Å².